The third kappa shape index (κ3) is 8.78. The van der Waals surface area contributed by atoms with Gasteiger partial charge in [0.1, 0.15) is 13.2 Å². The molecule has 0 aliphatic heterocycles. The van der Waals surface area contributed by atoms with Gasteiger partial charge in [0.05, 0.1) is 32.0 Å². The summed E-state index contributed by atoms with van der Waals surface area (Å²) in [6, 6.07) is 8.78. The molecule has 116 valence electrons. The van der Waals surface area contributed by atoms with Crippen LogP contribution in [0.3, 0.4) is 0 Å². The van der Waals surface area contributed by atoms with Crippen LogP contribution in [0.1, 0.15) is 17.3 Å². The van der Waals surface area contributed by atoms with Crippen LogP contribution in [0.2, 0.25) is 0 Å². The number of benzene rings is 1. The predicted molar refractivity (Wildman–Crippen MR) is 75.0 cm³/mol. The van der Waals surface area contributed by atoms with Gasteiger partial charge in [0.25, 0.3) is 0 Å². The second kappa shape index (κ2) is 10.8. The summed E-state index contributed by atoms with van der Waals surface area (Å²) in [6.07, 6.45) is 0. The number of rotatable bonds is 10. The molecule has 6 heteroatoms. The van der Waals surface area contributed by atoms with Gasteiger partial charge in [-0.3, -0.25) is 4.79 Å². The Morgan fingerprint density at radius 3 is 1.90 bits per heavy atom. The van der Waals surface area contributed by atoms with Crippen LogP contribution in [-0.4, -0.2) is 51.6 Å². The van der Waals surface area contributed by atoms with Crippen LogP contribution < -0.4 is 0 Å². The van der Waals surface area contributed by atoms with Crippen molar-refractivity contribution in [1.29, 1.82) is 0 Å². The summed E-state index contributed by atoms with van der Waals surface area (Å²) < 4.78 is 20.1. The summed E-state index contributed by atoms with van der Waals surface area (Å²) >= 11 is 0. The lowest BCUT2D eigenvalue weighted by molar-refractivity contribution is -0.142. The molecule has 21 heavy (non-hydrogen) atoms. The van der Waals surface area contributed by atoms with E-state index in [1.807, 2.05) is 6.07 Å². The molecule has 0 unspecified atom stereocenters. The van der Waals surface area contributed by atoms with Crippen LogP contribution in [0, 0.1) is 0 Å². The largest absolute Gasteiger partial charge is 0.463 e. The monoisotopic (exact) mass is 296 g/mol. The molecule has 0 aromatic heterocycles. The zero-order valence-corrected chi connectivity index (χ0v) is 12.1. The molecule has 0 aliphatic rings. The number of carbonyl (C=O) groups is 2. The van der Waals surface area contributed by atoms with Crippen molar-refractivity contribution in [3.8, 4) is 0 Å². The highest BCUT2D eigenvalue weighted by Gasteiger charge is 2.04. The number of carbonyl (C=O) groups excluding carboxylic acids is 2. The molecule has 0 bridgehead atoms. The van der Waals surface area contributed by atoms with Crippen molar-refractivity contribution < 1.29 is 28.5 Å². The maximum Gasteiger partial charge on any atom is 0.338 e. The van der Waals surface area contributed by atoms with E-state index in [1.54, 1.807) is 24.3 Å². The first-order chi connectivity index (χ1) is 10.2. The third-order valence-electron chi connectivity index (χ3n) is 2.38. The van der Waals surface area contributed by atoms with E-state index in [-0.39, 0.29) is 25.2 Å². The molecule has 0 amide bonds. The zero-order valence-electron chi connectivity index (χ0n) is 12.1. The van der Waals surface area contributed by atoms with E-state index in [9.17, 15) is 9.59 Å². The molecular weight excluding hydrogens is 276 g/mol. The van der Waals surface area contributed by atoms with Crippen LogP contribution in [0.4, 0.5) is 0 Å². The fourth-order valence-corrected chi connectivity index (χ4v) is 1.42. The molecular formula is C15H20O6. The van der Waals surface area contributed by atoms with Gasteiger partial charge in [0.15, 0.2) is 0 Å². The number of hydrogen-bond acceptors (Lipinski definition) is 6. The Balaban J connectivity index is 1.91. The highest BCUT2D eigenvalue weighted by Crippen LogP contribution is 2.00. The molecule has 0 atom stereocenters. The smallest absolute Gasteiger partial charge is 0.338 e. The van der Waals surface area contributed by atoms with E-state index < -0.39 is 0 Å². The minimum atomic E-state index is -0.364. The summed E-state index contributed by atoms with van der Waals surface area (Å²) in [4.78, 5) is 22.0. The number of ether oxygens (including phenoxy) is 4. The fourth-order valence-electron chi connectivity index (χ4n) is 1.42. The predicted octanol–water partition coefficient (Wildman–Crippen LogP) is 1.44. The zero-order chi connectivity index (χ0) is 15.3. The van der Waals surface area contributed by atoms with E-state index in [1.165, 1.54) is 6.92 Å². The second-order valence-electron chi connectivity index (χ2n) is 4.07. The molecule has 0 aliphatic carbocycles. The molecule has 0 saturated heterocycles. The van der Waals surface area contributed by atoms with Crippen molar-refractivity contribution in [3.05, 3.63) is 35.9 Å². The first-order valence-electron chi connectivity index (χ1n) is 6.71. The molecule has 0 N–H and O–H groups in total. The van der Waals surface area contributed by atoms with Crippen LogP contribution in [0.25, 0.3) is 0 Å². The lowest BCUT2D eigenvalue weighted by Crippen LogP contribution is -2.14. The van der Waals surface area contributed by atoms with Crippen LogP contribution >= 0.6 is 0 Å². The maximum atomic E-state index is 11.6. The van der Waals surface area contributed by atoms with Gasteiger partial charge in [-0.25, -0.2) is 4.79 Å². The fraction of sp³-hybridized carbons (Fsp3) is 0.467. The minimum absolute atomic E-state index is 0.196. The third-order valence-corrected chi connectivity index (χ3v) is 2.38. The second-order valence-corrected chi connectivity index (χ2v) is 4.07. The normalized spacial score (nSPS) is 10.1. The van der Waals surface area contributed by atoms with E-state index in [4.69, 9.17) is 18.9 Å². The van der Waals surface area contributed by atoms with Crippen molar-refractivity contribution in [3.63, 3.8) is 0 Å². The van der Waals surface area contributed by atoms with E-state index in [0.717, 1.165) is 0 Å². The Kier molecular flexibility index (Phi) is 8.83. The Hall–Kier alpha value is -1.92. The summed E-state index contributed by atoms with van der Waals surface area (Å²) in [5.41, 5.74) is 0.520. The van der Waals surface area contributed by atoms with Gasteiger partial charge in [-0.05, 0) is 12.1 Å². The van der Waals surface area contributed by atoms with Crippen molar-refractivity contribution in [2.75, 3.05) is 39.6 Å². The van der Waals surface area contributed by atoms with Crippen molar-refractivity contribution in [1.82, 2.24) is 0 Å². The summed E-state index contributed by atoms with van der Waals surface area (Å²) in [7, 11) is 0. The van der Waals surface area contributed by atoms with E-state index >= 15 is 0 Å². The van der Waals surface area contributed by atoms with Gasteiger partial charge >= 0.3 is 11.9 Å². The standard InChI is InChI=1S/C15H20O6/c1-13(16)20-11-9-18-7-8-19-10-12-21-15(17)14-5-3-2-4-6-14/h2-6H,7-12H2,1H3. The first-order valence-corrected chi connectivity index (χ1v) is 6.71. The van der Waals surface area contributed by atoms with Crippen molar-refractivity contribution in [2.45, 2.75) is 6.92 Å². The molecule has 6 nitrogen and oxygen atoms in total. The van der Waals surface area contributed by atoms with E-state index in [0.29, 0.717) is 32.0 Å². The van der Waals surface area contributed by atoms with Crippen LogP contribution in [-0.2, 0) is 23.7 Å². The quantitative estimate of drug-likeness (QED) is 0.480. The molecule has 1 aromatic rings. The lowest BCUT2D eigenvalue weighted by atomic mass is 10.2. The van der Waals surface area contributed by atoms with E-state index in [2.05, 4.69) is 0 Å². The molecule has 0 radical (unpaired) electrons. The first kappa shape index (κ1) is 17.1. The minimum Gasteiger partial charge on any atom is -0.463 e. The molecule has 0 heterocycles. The van der Waals surface area contributed by atoms with Crippen molar-refractivity contribution >= 4 is 11.9 Å². The Morgan fingerprint density at radius 2 is 1.33 bits per heavy atom. The average Bonchev–Trinajstić information content (AvgIpc) is 2.49. The summed E-state index contributed by atoms with van der Waals surface area (Å²) in [6.45, 7) is 3.22. The Bertz CT molecular complexity index is 417. The van der Waals surface area contributed by atoms with Gasteiger partial charge in [0.2, 0.25) is 0 Å². The molecule has 1 rings (SSSR count). The summed E-state index contributed by atoms with van der Waals surface area (Å²) in [5, 5.41) is 0. The lowest BCUT2D eigenvalue weighted by Gasteiger charge is -2.07. The highest BCUT2D eigenvalue weighted by atomic mass is 16.6. The number of hydrogen-bond donors (Lipinski definition) is 0. The van der Waals surface area contributed by atoms with Crippen molar-refractivity contribution in [2.24, 2.45) is 0 Å². The van der Waals surface area contributed by atoms with Gasteiger partial charge in [-0.2, -0.15) is 0 Å². The molecule has 0 fully saturated rings. The molecule has 1 aromatic carbocycles. The maximum absolute atomic E-state index is 11.6. The number of esters is 2. The Labute approximate surface area is 123 Å². The molecule has 0 saturated carbocycles. The van der Waals surface area contributed by atoms with Gasteiger partial charge in [-0.1, -0.05) is 18.2 Å². The topological polar surface area (TPSA) is 71.1 Å². The highest BCUT2D eigenvalue weighted by molar-refractivity contribution is 5.89. The van der Waals surface area contributed by atoms with Crippen LogP contribution in [0.15, 0.2) is 30.3 Å². The molecule has 0 spiro atoms. The summed E-state index contributed by atoms with van der Waals surface area (Å²) in [5.74, 6) is -0.688. The van der Waals surface area contributed by atoms with Gasteiger partial charge in [0, 0.05) is 6.92 Å². The van der Waals surface area contributed by atoms with Gasteiger partial charge in [-0.15, -0.1) is 0 Å². The van der Waals surface area contributed by atoms with Gasteiger partial charge < -0.3 is 18.9 Å². The average molecular weight is 296 g/mol. The van der Waals surface area contributed by atoms with Crippen LogP contribution in [0.5, 0.6) is 0 Å². The SMILES string of the molecule is CC(=O)OCCOCCOCCOC(=O)c1ccccc1. The Morgan fingerprint density at radius 1 is 0.810 bits per heavy atom.